The van der Waals surface area contributed by atoms with Gasteiger partial charge in [0.1, 0.15) is 18.5 Å². The summed E-state index contributed by atoms with van der Waals surface area (Å²) in [5.41, 5.74) is 3.07. The summed E-state index contributed by atoms with van der Waals surface area (Å²) >= 11 is 0. The van der Waals surface area contributed by atoms with Gasteiger partial charge in [0.25, 0.3) is 0 Å². The van der Waals surface area contributed by atoms with Crippen molar-refractivity contribution in [2.45, 2.75) is 19.1 Å². The summed E-state index contributed by atoms with van der Waals surface area (Å²) in [6.07, 6.45) is -0.0644. The van der Waals surface area contributed by atoms with Crippen LogP contribution in [-0.4, -0.2) is 41.6 Å². The molecule has 0 aliphatic rings. The van der Waals surface area contributed by atoms with Crippen molar-refractivity contribution in [1.82, 2.24) is 9.55 Å². The van der Waals surface area contributed by atoms with Crippen molar-refractivity contribution in [3.63, 3.8) is 0 Å². The molecule has 0 saturated heterocycles. The van der Waals surface area contributed by atoms with Crippen molar-refractivity contribution in [1.29, 1.82) is 0 Å². The van der Waals surface area contributed by atoms with E-state index in [9.17, 15) is 5.11 Å². The Balaban J connectivity index is 0.00000289. The van der Waals surface area contributed by atoms with Crippen LogP contribution in [0.3, 0.4) is 0 Å². The van der Waals surface area contributed by atoms with Crippen LogP contribution in [0.15, 0.2) is 72.8 Å². The van der Waals surface area contributed by atoms with Crippen LogP contribution < -0.4 is 14.2 Å². The number of aliphatic hydroxyl groups is 1. The van der Waals surface area contributed by atoms with Crippen molar-refractivity contribution in [3.8, 4) is 17.2 Å². The highest BCUT2D eigenvalue weighted by Gasteiger charge is 2.17. The number of aromatic nitrogens is 2. The maximum absolute atomic E-state index is 10.8. The van der Waals surface area contributed by atoms with Crippen molar-refractivity contribution in [2.24, 2.45) is 0 Å². The largest absolute Gasteiger partial charge is 0.493 e. The molecule has 1 heterocycles. The van der Waals surface area contributed by atoms with Crippen molar-refractivity contribution >= 4 is 23.4 Å². The molecular formula is C25H27ClN2O4. The molecule has 0 amide bonds. The maximum Gasteiger partial charge on any atom is 0.203 e. The standard InChI is InChI=1S/C25H26N2O4.ClH/c1-29-22-13-8-14-23(30-2)25(22)31-17-19(28)16-27-21-12-7-6-11-20(21)26-24(27)15-18-9-4-3-5-10-18;/h3-14,19,28H,15-17H2,1-2H3;1H. The van der Waals surface area contributed by atoms with Gasteiger partial charge in [-0.25, -0.2) is 4.98 Å². The molecule has 32 heavy (non-hydrogen) atoms. The van der Waals surface area contributed by atoms with Gasteiger partial charge in [0.05, 0.1) is 31.8 Å². The Morgan fingerprint density at radius 2 is 1.53 bits per heavy atom. The number of nitrogens with zero attached hydrogens (tertiary/aromatic N) is 2. The summed E-state index contributed by atoms with van der Waals surface area (Å²) in [6.45, 7) is 0.453. The van der Waals surface area contributed by atoms with Gasteiger partial charge in [-0.05, 0) is 29.8 Å². The first kappa shape index (κ1) is 23.4. The smallest absolute Gasteiger partial charge is 0.203 e. The number of aliphatic hydroxyl groups excluding tert-OH is 1. The number of para-hydroxylation sites is 3. The number of hydrogen-bond acceptors (Lipinski definition) is 5. The molecule has 4 rings (SSSR count). The minimum absolute atomic E-state index is 0. The summed E-state index contributed by atoms with van der Waals surface area (Å²) in [4.78, 5) is 4.81. The molecule has 0 bridgehead atoms. The minimum Gasteiger partial charge on any atom is -0.493 e. The quantitative estimate of drug-likeness (QED) is 0.403. The SMILES string of the molecule is COc1cccc(OC)c1OCC(O)Cn1c(Cc2ccccc2)nc2ccccc21.Cl. The molecule has 0 aliphatic carbocycles. The summed E-state index contributed by atoms with van der Waals surface area (Å²) in [7, 11) is 3.15. The first-order chi connectivity index (χ1) is 15.2. The molecule has 0 aliphatic heterocycles. The Hall–Kier alpha value is -3.22. The van der Waals surface area contributed by atoms with E-state index in [-0.39, 0.29) is 19.0 Å². The zero-order valence-electron chi connectivity index (χ0n) is 18.1. The summed E-state index contributed by atoms with van der Waals surface area (Å²) in [5, 5.41) is 10.8. The van der Waals surface area contributed by atoms with E-state index in [1.807, 2.05) is 48.5 Å². The van der Waals surface area contributed by atoms with Gasteiger partial charge in [0, 0.05) is 6.42 Å². The zero-order valence-corrected chi connectivity index (χ0v) is 18.9. The van der Waals surface area contributed by atoms with Crippen molar-refractivity contribution < 1.29 is 19.3 Å². The Bertz CT molecular complexity index is 1130. The molecule has 0 saturated carbocycles. The molecule has 1 atom stereocenters. The number of fused-ring (bicyclic) bond motifs is 1. The second kappa shape index (κ2) is 10.9. The van der Waals surface area contributed by atoms with Crippen molar-refractivity contribution in [3.05, 3.63) is 84.2 Å². The molecule has 1 N–H and O–H groups in total. The number of ether oxygens (including phenoxy) is 3. The van der Waals surface area contributed by atoms with Crippen LogP contribution in [0.25, 0.3) is 11.0 Å². The normalized spacial score (nSPS) is 11.6. The van der Waals surface area contributed by atoms with Gasteiger partial charge in [-0.2, -0.15) is 0 Å². The molecule has 3 aromatic carbocycles. The summed E-state index contributed by atoms with van der Waals surface area (Å²) in [6, 6.07) is 23.6. The summed E-state index contributed by atoms with van der Waals surface area (Å²) in [5.74, 6) is 2.50. The number of rotatable bonds is 9. The fourth-order valence-electron chi connectivity index (χ4n) is 3.64. The van der Waals surface area contributed by atoms with E-state index in [0.29, 0.717) is 30.2 Å². The van der Waals surface area contributed by atoms with Crippen LogP contribution >= 0.6 is 12.4 Å². The van der Waals surface area contributed by atoms with E-state index in [1.54, 1.807) is 26.4 Å². The van der Waals surface area contributed by atoms with Gasteiger partial charge in [-0.15, -0.1) is 12.4 Å². The second-order valence-corrected chi connectivity index (χ2v) is 7.25. The molecule has 168 valence electrons. The molecule has 1 aromatic heterocycles. The number of hydrogen-bond donors (Lipinski definition) is 1. The van der Waals surface area contributed by atoms with Gasteiger partial charge in [0.15, 0.2) is 11.5 Å². The number of methoxy groups -OCH3 is 2. The third kappa shape index (κ3) is 5.15. The first-order valence-electron chi connectivity index (χ1n) is 10.2. The highest BCUT2D eigenvalue weighted by molar-refractivity contribution is 5.85. The molecule has 0 radical (unpaired) electrons. The van der Waals surface area contributed by atoms with Crippen LogP contribution in [0.4, 0.5) is 0 Å². The van der Waals surface area contributed by atoms with E-state index < -0.39 is 6.10 Å². The lowest BCUT2D eigenvalue weighted by Gasteiger charge is -2.18. The lowest BCUT2D eigenvalue weighted by Crippen LogP contribution is -2.25. The minimum atomic E-state index is -0.748. The van der Waals surface area contributed by atoms with E-state index in [4.69, 9.17) is 19.2 Å². The number of benzene rings is 3. The Morgan fingerprint density at radius 1 is 0.875 bits per heavy atom. The van der Waals surface area contributed by atoms with Gasteiger partial charge in [0.2, 0.25) is 5.75 Å². The van der Waals surface area contributed by atoms with Crippen LogP contribution in [0, 0.1) is 0 Å². The molecule has 0 fully saturated rings. The van der Waals surface area contributed by atoms with E-state index in [2.05, 4.69) is 16.7 Å². The molecular weight excluding hydrogens is 428 g/mol. The highest BCUT2D eigenvalue weighted by Crippen LogP contribution is 2.36. The predicted octanol–water partition coefficient (Wildman–Crippen LogP) is 4.51. The fourth-order valence-corrected chi connectivity index (χ4v) is 3.64. The van der Waals surface area contributed by atoms with Crippen LogP contribution in [0.1, 0.15) is 11.4 Å². The van der Waals surface area contributed by atoms with E-state index >= 15 is 0 Å². The second-order valence-electron chi connectivity index (χ2n) is 7.25. The average Bonchev–Trinajstić information content (AvgIpc) is 3.14. The third-order valence-electron chi connectivity index (χ3n) is 5.13. The lowest BCUT2D eigenvalue weighted by atomic mass is 10.1. The predicted molar refractivity (Wildman–Crippen MR) is 127 cm³/mol. The lowest BCUT2D eigenvalue weighted by molar-refractivity contribution is 0.0897. The topological polar surface area (TPSA) is 65.7 Å². The summed E-state index contributed by atoms with van der Waals surface area (Å²) < 4.78 is 18.7. The van der Waals surface area contributed by atoms with E-state index in [0.717, 1.165) is 16.9 Å². The fraction of sp³-hybridized carbons (Fsp3) is 0.240. The van der Waals surface area contributed by atoms with Gasteiger partial charge < -0.3 is 23.9 Å². The molecule has 4 aromatic rings. The first-order valence-corrected chi connectivity index (χ1v) is 10.2. The van der Waals surface area contributed by atoms with Gasteiger partial charge in [-0.3, -0.25) is 0 Å². The van der Waals surface area contributed by atoms with Crippen LogP contribution in [0.2, 0.25) is 0 Å². The molecule has 1 unspecified atom stereocenters. The van der Waals surface area contributed by atoms with Crippen LogP contribution in [-0.2, 0) is 13.0 Å². The maximum atomic E-state index is 10.8. The Labute approximate surface area is 193 Å². The zero-order chi connectivity index (χ0) is 21.6. The molecule has 0 spiro atoms. The van der Waals surface area contributed by atoms with E-state index in [1.165, 1.54) is 5.56 Å². The molecule has 7 heteroatoms. The monoisotopic (exact) mass is 454 g/mol. The number of imidazole rings is 1. The number of halogens is 1. The molecule has 6 nitrogen and oxygen atoms in total. The van der Waals surface area contributed by atoms with Gasteiger partial charge in [-0.1, -0.05) is 48.5 Å². The van der Waals surface area contributed by atoms with Gasteiger partial charge >= 0.3 is 0 Å². The third-order valence-corrected chi connectivity index (χ3v) is 5.13. The Morgan fingerprint density at radius 3 is 2.22 bits per heavy atom. The Kier molecular flexibility index (Phi) is 7.98. The van der Waals surface area contributed by atoms with Crippen LogP contribution in [0.5, 0.6) is 17.2 Å². The highest BCUT2D eigenvalue weighted by atomic mass is 35.5. The van der Waals surface area contributed by atoms with Crippen molar-refractivity contribution in [2.75, 3.05) is 20.8 Å². The average molecular weight is 455 g/mol.